The number of hydrogen-bond donors (Lipinski definition) is 1. The molecule has 0 saturated heterocycles. The van der Waals surface area contributed by atoms with E-state index < -0.39 is 45.8 Å². The minimum Gasteiger partial charge on any atom is -0.452 e. The average Bonchev–Trinajstić information content (AvgIpc) is 2.58. The van der Waals surface area contributed by atoms with E-state index >= 15 is 0 Å². The molecule has 0 aliphatic heterocycles. The van der Waals surface area contributed by atoms with E-state index in [1.54, 1.807) is 0 Å². The summed E-state index contributed by atoms with van der Waals surface area (Å²) in [4.78, 5) is 35.7. The van der Waals surface area contributed by atoms with Crippen molar-refractivity contribution in [3.05, 3.63) is 29.6 Å². The van der Waals surface area contributed by atoms with Gasteiger partial charge in [0, 0.05) is 28.2 Å². The lowest BCUT2D eigenvalue weighted by Gasteiger charge is -2.16. The van der Waals surface area contributed by atoms with Gasteiger partial charge in [-0.1, -0.05) is 0 Å². The number of halogens is 1. The summed E-state index contributed by atoms with van der Waals surface area (Å²) in [5.74, 6) is -3.28. The van der Waals surface area contributed by atoms with Crippen molar-refractivity contribution >= 4 is 27.8 Å². The summed E-state index contributed by atoms with van der Waals surface area (Å²) in [5.41, 5.74) is -0.616. The fourth-order valence-corrected chi connectivity index (χ4v) is 2.66. The number of likely N-dealkylation sites (N-methyl/N-ethyl adjacent to an activating group) is 2. The van der Waals surface area contributed by atoms with Crippen molar-refractivity contribution in [2.45, 2.75) is 4.90 Å². The molecule has 0 fully saturated rings. The number of carbonyl (C=O) groups is 3. The molecule has 2 amide bonds. The third kappa shape index (κ3) is 5.23. The van der Waals surface area contributed by atoms with Crippen LogP contribution in [0.3, 0.4) is 0 Å². The van der Waals surface area contributed by atoms with Crippen LogP contribution in [0.1, 0.15) is 10.4 Å². The number of sulfonamides is 1. The number of hydrogen-bond acceptors (Lipinski definition) is 6. The van der Waals surface area contributed by atoms with E-state index in [0.29, 0.717) is 0 Å². The van der Waals surface area contributed by atoms with Crippen molar-refractivity contribution in [2.24, 2.45) is 0 Å². The predicted octanol–water partition coefficient (Wildman–Crippen LogP) is -0.563. The van der Waals surface area contributed by atoms with Gasteiger partial charge in [0.15, 0.2) is 6.61 Å². The number of carbonyl (C=O) groups excluding carboxylic acids is 3. The molecule has 0 radical (unpaired) electrons. The largest absolute Gasteiger partial charge is 0.452 e. The quantitative estimate of drug-likeness (QED) is 0.626. The first-order chi connectivity index (χ1) is 12.0. The van der Waals surface area contributed by atoms with Gasteiger partial charge in [-0.3, -0.25) is 9.59 Å². The van der Waals surface area contributed by atoms with Gasteiger partial charge in [0.05, 0.1) is 17.0 Å². The summed E-state index contributed by atoms with van der Waals surface area (Å²) < 4.78 is 43.6. The van der Waals surface area contributed by atoms with Crippen molar-refractivity contribution in [1.82, 2.24) is 14.5 Å². The predicted molar refractivity (Wildman–Crippen MR) is 89.3 cm³/mol. The Kier molecular flexibility index (Phi) is 7.21. The maximum atomic E-state index is 13.9. The molecular weight excluding hydrogens is 369 g/mol. The number of esters is 1. The minimum absolute atomic E-state index is 0.238. The Balaban J connectivity index is 2.88. The molecule has 0 atom stereocenters. The number of ether oxygens (including phenoxy) is 1. The van der Waals surface area contributed by atoms with Crippen LogP contribution in [0, 0.1) is 5.82 Å². The fourth-order valence-electron chi connectivity index (χ4n) is 1.73. The number of nitrogens with zero attached hydrogens (tertiary/aromatic N) is 2. The van der Waals surface area contributed by atoms with Gasteiger partial charge < -0.3 is 15.0 Å². The Morgan fingerprint density at radius 2 is 1.81 bits per heavy atom. The summed E-state index contributed by atoms with van der Waals surface area (Å²) in [6.07, 6.45) is 0. The van der Waals surface area contributed by atoms with E-state index in [4.69, 9.17) is 4.74 Å². The zero-order chi connectivity index (χ0) is 20.1. The summed E-state index contributed by atoms with van der Waals surface area (Å²) >= 11 is 0. The van der Waals surface area contributed by atoms with Crippen LogP contribution < -0.4 is 5.32 Å². The van der Waals surface area contributed by atoms with Crippen LogP contribution in [0.5, 0.6) is 0 Å². The van der Waals surface area contributed by atoms with Gasteiger partial charge in [-0.05, 0) is 18.2 Å². The second-order valence-corrected chi connectivity index (χ2v) is 7.58. The molecule has 0 saturated carbocycles. The third-order valence-electron chi connectivity index (χ3n) is 3.35. The summed E-state index contributed by atoms with van der Waals surface area (Å²) in [5, 5.41) is 2.33. The molecule has 0 bridgehead atoms. The smallest absolute Gasteiger partial charge is 0.341 e. The molecule has 0 aliphatic carbocycles. The minimum atomic E-state index is -3.87. The van der Waals surface area contributed by atoms with Gasteiger partial charge in [-0.2, -0.15) is 0 Å². The SMILES string of the molecule is CNC(=O)CN(C)C(=O)COC(=O)c1cc(S(=O)(=O)N(C)C)ccc1F. The molecule has 0 aliphatic rings. The van der Waals surface area contributed by atoms with Gasteiger partial charge in [0.1, 0.15) is 5.82 Å². The maximum Gasteiger partial charge on any atom is 0.341 e. The van der Waals surface area contributed by atoms with Crippen molar-refractivity contribution < 1.29 is 31.9 Å². The summed E-state index contributed by atoms with van der Waals surface area (Å²) in [7, 11) is 1.44. The van der Waals surface area contributed by atoms with E-state index in [-0.39, 0.29) is 11.4 Å². The Bertz CT molecular complexity index is 810. The van der Waals surface area contributed by atoms with Crippen LogP contribution in [0.25, 0.3) is 0 Å². The van der Waals surface area contributed by atoms with Crippen LogP contribution in [0.4, 0.5) is 4.39 Å². The molecule has 9 nitrogen and oxygen atoms in total. The monoisotopic (exact) mass is 389 g/mol. The molecule has 26 heavy (non-hydrogen) atoms. The molecule has 1 N–H and O–H groups in total. The van der Waals surface area contributed by atoms with Gasteiger partial charge in [-0.15, -0.1) is 0 Å². The van der Waals surface area contributed by atoms with E-state index in [1.165, 1.54) is 28.2 Å². The highest BCUT2D eigenvalue weighted by atomic mass is 32.2. The average molecular weight is 389 g/mol. The van der Waals surface area contributed by atoms with Gasteiger partial charge in [0.25, 0.3) is 5.91 Å². The molecule has 1 aromatic carbocycles. The van der Waals surface area contributed by atoms with E-state index in [2.05, 4.69) is 5.32 Å². The lowest BCUT2D eigenvalue weighted by molar-refractivity contribution is -0.137. The summed E-state index contributed by atoms with van der Waals surface area (Å²) in [6.45, 7) is -0.964. The van der Waals surface area contributed by atoms with Crippen LogP contribution in [-0.4, -0.2) is 76.7 Å². The van der Waals surface area contributed by atoms with Gasteiger partial charge in [-0.25, -0.2) is 21.9 Å². The number of amides is 2. The molecule has 1 aromatic rings. The van der Waals surface area contributed by atoms with E-state index in [1.807, 2.05) is 0 Å². The molecule has 0 heterocycles. The second kappa shape index (κ2) is 8.72. The molecule has 0 unspecified atom stereocenters. The van der Waals surface area contributed by atoms with Crippen molar-refractivity contribution in [1.29, 1.82) is 0 Å². The van der Waals surface area contributed by atoms with Crippen LogP contribution in [-0.2, 0) is 24.3 Å². The van der Waals surface area contributed by atoms with Crippen LogP contribution in [0.2, 0.25) is 0 Å². The molecule has 0 aromatic heterocycles. The highest BCUT2D eigenvalue weighted by Gasteiger charge is 2.23. The van der Waals surface area contributed by atoms with Crippen molar-refractivity contribution in [3.63, 3.8) is 0 Å². The number of benzene rings is 1. The number of nitrogens with one attached hydrogen (secondary N) is 1. The van der Waals surface area contributed by atoms with E-state index in [9.17, 15) is 27.2 Å². The Labute approximate surface area is 150 Å². The molecule has 11 heteroatoms. The highest BCUT2D eigenvalue weighted by Crippen LogP contribution is 2.18. The number of rotatable bonds is 7. The molecule has 1 rings (SSSR count). The lowest BCUT2D eigenvalue weighted by Crippen LogP contribution is -2.39. The fraction of sp³-hybridized carbons (Fsp3) is 0.400. The molecular formula is C15H20FN3O6S. The Hall–Kier alpha value is -2.53. The van der Waals surface area contributed by atoms with Gasteiger partial charge >= 0.3 is 5.97 Å². The first-order valence-corrected chi connectivity index (χ1v) is 8.78. The Morgan fingerprint density at radius 1 is 1.19 bits per heavy atom. The zero-order valence-electron chi connectivity index (χ0n) is 14.8. The van der Waals surface area contributed by atoms with Crippen molar-refractivity contribution in [3.8, 4) is 0 Å². The van der Waals surface area contributed by atoms with Crippen molar-refractivity contribution in [2.75, 3.05) is 41.3 Å². The Morgan fingerprint density at radius 3 is 2.35 bits per heavy atom. The lowest BCUT2D eigenvalue weighted by atomic mass is 10.2. The first kappa shape index (κ1) is 21.5. The molecule has 144 valence electrons. The topological polar surface area (TPSA) is 113 Å². The van der Waals surface area contributed by atoms with Gasteiger partial charge in [0.2, 0.25) is 15.9 Å². The van der Waals surface area contributed by atoms with Crippen LogP contribution in [0.15, 0.2) is 23.1 Å². The first-order valence-electron chi connectivity index (χ1n) is 7.34. The summed E-state index contributed by atoms with van der Waals surface area (Å²) in [6, 6.07) is 2.68. The van der Waals surface area contributed by atoms with E-state index in [0.717, 1.165) is 27.4 Å². The van der Waals surface area contributed by atoms with Crippen LogP contribution >= 0.6 is 0 Å². The second-order valence-electron chi connectivity index (χ2n) is 5.43. The standard InChI is InChI=1S/C15H20FN3O6S/c1-17-13(20)8-19(4)14(21)9-25-15(22)11-7-10(5-6-12(11)16)26(23,24)18(2)3/h5-7H,8-9H2,1-4H3,(H,17,20). The normalized spacial score (nSPS) is 11.2. The molecule has 0 spiro atoms. The highest BCUT2D eigenvalue weighted by molar-refractivity contribution is 7.89. The maximum absolute atomic E-state index is 13.9. The third-order valence-corrected chi connectivity index (χ3v) is 5.16. The zero-order valence-corrected chi connectivity index (χ0v) is 15.6.